The fourth-order valence-electron chi connectivity index (χ4n) is 2.95. The van der Waals surface area contributed by atoms with Crippen LogP contribution in [0.25, 0.3) is 5.82 Å². The summed E-state index contributed by atoms with van der Waals surface area (Å²) >= 11 is 1.38. The second-order valence-corrected chi connectivity index (χ2v) is 7.65. The molecule has 4 aromatic rings. The summed E-state index contributed by atoms with van der Waals surface area (Å²) in [6, 6.07) is 16.0. The highest BCUT2D eigenvalue weighted by Gasteiger charge is 2.10. The van der Waals surface area contributed by atoms with E-state index in [9.17, 15) is 9.59 Å². The standard InChI is InChI=1S/C22H19N5O2S/c1-14-12-15(2)27(26-14)20-10-5-16(13-23-20)21(28)24-17-6-8-18(9-7-17)25-22(29)19-4-3-11-30-19/h3-13H,1-2H3,(H,24,28)(H,25,29). The van der Waals surface area contributed by atoms with Gasteiger partial charge in [0.05, 0.1) is 16.1 Å². The molecule has 0 radical (unpaired) electrons. The maximum absolute atomic E-state index is 12.5. The van der Waals surface area contributed by atoms with Crippen molar-refractivity contribution >= 4 is 34.5 Å². The van der Waals surface area contributed by atoms with Gasteiger partial charge in [-0.3, -0.25) is 9.59 Å². The van der Waals surface area contributed by atoms with Gasteiger partial charge in [-0.15, -0.1) is 11.3 Å². The number of carbonyl (C=O) groups excluding carboxylic acids is 2. The van der Waals surface area contributed by atoms with Gasteiger partial charge in [0.2, 0.25) is 0 Å². The van der Waals surface area contributed by atoms with Crippen LogP contribution in [-0.2, 0) is 0 Å². The Labute approximate surface area is 177 Å². The van der Waals surface area contributed by atoms with E-state index >= 15 is 0 Å². The lowest BCUT2D eigenvalue weighted by molar-refractivity contribution is 0.102. The molecular weight excluding hydrogens is 398 g/mol. The summed E-state index contributed by atoms with van der Waals surface area (Å²) in [6.07, 6.45) is 1.52. The molecule has 30 heavy (non-hydrogen) atoms. The molecule has 0 bridgehead atoms. The second-order valence-electron chi connectivity index (χ2n) is 6.71. The van der Waals surface area contributed by atoms with Crippen LogP contribution >= 0.6 is 11.3 Å². The largest absolute Gasteiger partial charge is 0.322 e. The topological polar surface area (TPSA) is 88.9 Å². The first-order valence-corrected chi connectivity index (χ1v) is 10.1. The first kappa shape index (κ1) is 19.5. The molecule has 2 amide bonds. The summed E-state index contributed by atoms with van der Waals surface area (Å²) in [7, 11) is 0. The first-order chi connectivity index (χ1) is 14.5. The Balaban J connectivity index is 1.40. The predicted octanol–water partition coefficient (Wildman–Crippen LogP) is 4.45. The number of hydrogen-bond acceptors (Lipinski definition) is 5. The van der Waals surface area contributed by atoms with Gasteiger partial charge in [-0.25, -0.2) is 9.67 Å². The smallest absolute Gasteiger partial charge is 0.265 e. The van der Waals surface area contributed by atoms with E-state index in [1.165, 1.54) is 17.5 Å². The van der Waals surface area contributed by atoms with E-state index < -0.39 is 0 Å². The van der Waals surface area contributed by atoms with E-state index in [2.05, 4.69) is 20.7 Å². The lowest BCUT2D eigenvalue weighted by Crippen LogP contribution is -2.13. The summed E-state index contributed by atoms with van der Waals surface area (Å²) in [4.78, 5) is 29.6. The molecule has 0 saturated heterocycles. The number of pyridine rings is 1. The SMILES string of the molecule is Cc1cc(C)n(-c2ccc(C(=O)Nc3ccc(NC(=O)c4cccs4)cc3)cn2)n1. The van der Waals surface area contributed by atoms with E-state index in [-0.39, 0.29) is 11.8 Å². The second kappa shape index (κ2) is 8.30. The molecule has 0 spiro atoms. The van der Waals surface area contributed by atoms with E-state index in [4.69, 9.17) is 0 Å². The normalized spacial score (nSPS) is 10.6. The molecule has 1 aromatic carbocycles. The van der Waals surface area contributed by atoms with Gasteiger partial charge in [-0.05, 0) is 67.8 Å². The monoisotopic (exact) mass is 417 g/mol. The fraction of sp³-hybridized carbons (Fsp3) is 0.0909. The molecule has 2 N–H and O–H groups in total. The lowest BCUT2D eigenvalue weighted by Gasteiger charge is -2.08. The number of hydrogen-bond donors (Lipinski definition) is 2. The van der Waals surface area contributed by atoms with Crippen LogP contribution in [0.15, 0.2) is 66.2 Å². The highest BCUT2D eigenvalue weighted by atomic mass is 32.1. The van der Waals surface area contributed by atoms with Crippen molar-refractivity contribution in [1.82, 2.24) is 14.8 Å². The number of anilines is 2. The Kier molecular flexibility index (Phi) is 5.40. The summed E-state index contributed by atoms with van der Waals surface area (Å²) in [5, 5.41) is 11.9. The van der Waals surface area contributed by atoms with Gasteiger partial charge in [-0.1, -0.05) is 6.07 Å². The summed E-state index contributed by atoms with van der Waals surface area (Å²) in [5.41, 5.74) is 3.60. The van der Waals surface area contributed by atoms with Gasteiger partial charge in [0, 0.05) is 23.3 Å². The average Bonchev–Trinajstić information content (AvgIpc) is 3.39. The van der Waals surface area contributed by atoms with Crippen molar-refractivity contribution in [1.29, 1.82) is 0 Å². The van der Waals surface area contributed by atoms with Crippen molar-refractivity contribution in [3.8, 4) is 5.82 Å². The predicted molar refractivity (Wildman–Crippen MR) is 118 cm³/mol. The average molecular weight is 417 g/mol. The van der Waals surface area contributed by atoms with Gasteiger partial charge in [0.1, 0.15) is 0 Å². The molecule has 3 aromatic heterocycles. The molecule has 0 saturated carbocycles. The number of benzene rings is 1. The number of nitrogens with zero attached hydrogens (tertiary/aromatic N) is 3. The molecule has 0 aliphatic heterocycles. The van der Waals surface area contributed by atoms with Crippen LogP contribution in [0.4, 0.5) is 11.4 Å². The van der Waals surface area contributed by atoms with E-state index in [0.717, 1.165) is 11.4 Å². The minimum absolute atomic E-state index is 0.157. The maximum Gasteiger partial charge on any atom is 0.265 e. The molecule has 3 heterocycles. The Morgan fingerprint density at radius 2 is 1.63 bits per heavy atom. The van der Waals surface area contributed by atoms with Crippen molar-refractivity contribution in [2.45, 2.75) is 13.8 Å². The number of aryl methyl sites for hydroxylation is 2. The van der Waals surface area contributed by atoms with Gasteiger partial charge < -0.3 is 10.6 Å². The highest BCUT2D eigenvalue weighted by molar-refractivity contribution is 7.12. The number of rotatable bonds is 5. The molecule has 0 fully saturated rings. The molecule has 0 aliphatic rings. The van der Waals surface area contributed by atoms with Crippen LogP contribution < -0.4 is 10.6 Å². The zero-order valence-electron chi connectivity index (χ0n) is 16.4. The molecule has 0 atom stereocenters. The van der Waals surface area contributed by atoms with Crippen LogP contribution in [0.2, 0.25) is 0 Å². The van der Waals surface area contributed by atoms with E-state index in [1.807, 2.05) is 31.4 Å². The van der Waals surface area contributed by atoms with Crippen LogP contribution in [0, 0.1) is 13.8 Å². The van der Waals surface area contributed by atoms with E-state index in [1.54, 1.807) is 47.1 Å². The lowest BCUT2D eigenvalue weighted by atomic mass is 10.2. The first-order valence-electron chi connectivity index (χ1n) is 9.25. The Hall–Kier alpha value is -3.78. The van der Waals surface area contributed by atoms with Crippen molar-refractivity contribution in [3.05, 3.63) is 88.0 Å². The van der Waals surface area contributed by atoms with Crippen LogP contribution in [-0.4, -0.2) is 26.6 Å². The zero-order valence-corrected chi connectivity index (χ0v) is 17.2. The van der Waals surface area contributed by atoms with Crippen molar-refractivity contribution in [3.63, 3.8) is 0 Å². The summed E-state index contributed by atoms with van der Waals surface area (Å²) in [5.74, 6) is 0.233. The van der Waals surface area contributed by atoms with Crippen LogP contribution in [0.1, 0.15) is 31.4 Å². The number of aromatic nitrogens is 3. The Bertz CT molecular complexity index is 1180. The molecule has 0 unspecified atom stereocenters. The third kappa shape index (κ3) is 4.28. The highest BCUT2D eigenvalue weighted by Crippen LogP contribution is 2.17. The molecular formula is C22H19N5O2S. The third-order valence-electron chi connectivity index (χ3n) is 4.38. The summed E-state index contributed by atoms with van der Waals surface area (Å²) in [6.45, 7) is 3.87. The van der Waals surface area contributed by atoms with Gasteiger partial charge >= 0.3 is 0 Å². The van der Waals surface area contributed by atoms with E-state index in [0.29, 0.717) is 27.6 Å². The third-order valence-corrected chi connectivity index (χ3v) is 5.25. The maximum atomic E-state index is 12.5. The molecule has 0 aliphatic carbocycles. The molecule has 4 rings (SSSR count). The summed E-state index contributed by atoms with van der Waals surface area (Å²) < 4.78 is 1.74. The van der Waals surface area contributed by atoms with Gasteiger partial charge in [0.15, 0.2) is 5.82 Å². The quantitative estimate of drug-likeness (QED) is 0.502. The molecule has 8 heteroatoms. The Morgan fingerprint density at radius 1 is 0.933 bits per heavy atom. The Morgan fingerprint density at radius 3 is 2.17 bits per heavy atom. The minimum Gasteiger partial charge on any atom is -0.322 e. The number of carbonyl (C=O) groups is 2. The molecule has 150 valence electrons. The zero-order chi connectivity index (χ0) is 21.1. The van der Waals surface area contributed by atoms with Crippen molar-refractivity contribution < 1.29 is 9.59 Å². The van der Waals surface area contributed by atoms with Crippen molar-refractivity contribution in [2.24, 2.45) is 0 Å². The van der Waals surface area contributed by atoms with Crippen LogP contribution in [0.5, 0.6) is 0 Å². The van der Waals surface area contributed by atoms with Crippen molar-refractivity contribution in [2.75, 3.05) is 10.6 Å². The van der Waals surface area contributed by atoms with Gasteiger partial charge in [-0.2, -0.15) is 5.10 Å². The molecule has 7 nitrogen and oxygen atoms in total. The van der Waals surface area contributed by atoms with Crippen LogP contribution in [0.3, 0.4) is 0 Å². The number of nitrogens with one attached hydrogen (secondary N) is 2. The minimum atomic E-state index is -0.266. The number of amides is 2. The fourth-order valence-corrected chi connectivity index (χ4v) is 3.57. The van der Waals surface area contributed by atoms with Gasteiger partial charge in [0.25, 0.3) is 11.8 Å². The number of thiophene rings is 1.